The summed E-state index contributed by atoms with van der Waals surface area (Å²) in [5.41, 5.74) is 5.23. The number of hydrogen-bond acceptors (Lipinski definition) is 3. The Kier molecular flexibility index (Phi) is 9.69. The number of carbonyl (C=O) groups excluding carboxylic acids is 2. The maximum Gasteiger partial charge on any atom is 0.261 e. The molecule has 2 amide bonds. The lowest BCUT2D eigenvalue weighted by Gasteiger charge is -2.32. The van der Waals surface area contributed by atoms with E-state index in [4.69, 9.17) is 4.74 Å². The van der Waals surface area contributed by atoms with Crippen LogP contribution in [0.4, 0.5) is 0 Å². The number of nitrogens with zero attached hydrogens (tertiary/aromatic N) is 1. The minimum atomic E-state index is -0.669. The summed E-state index contributed by atoms with van der Waals surface area (Å²) in [7, 11) is 0. The van der Waals surface area contributed by atoms with Crippen molar-refractivity contribution in [2.24, 2.45) is 0 Å². The molecular weight excluding hydrogens is 448 g/mol. The number of hydrogen-bond donors (Lipinski definition) is 1. The van der Waals surface area contributed by atoms with Crippen LogP contribution < -0.4 is 10.1 Å². The van der Waals surface area contributed by atoms with Gasteiger partial charge in [-0.15, -0.1) is 0 Å². The first-order chi connectivity index (χ1) is 17.2. The largest absolute Gasteiger partial charge is 0.484 e. The summed E-state index contributed by atoms with van der Waals surface area (Å²) in [6.45, 7) is 10.2. The maximum absolute atomic E-state index is 13.7. The van der Waals surface area contributed by atoms with Crippen LogP contribution in [0.5, 0.6) is 5.75 Å². The zero-order valence-electron chi connectivity index (χ0n) is 22.1. The minimum absolute atomic E-state index is 0.0122. The topological polar surface area (TPSA) is 58.6 Å². The fourth-order valence-corrected chi connectivity index (χ4v) is 4.25. The van der Waals surface area contributed by atoms with Gasteiger partial charge in [0, 0.05) is 19.0 Å². The van der Waals surface area contributed by atoms with Gasteiger partial charge < -0.3 is 15.0 Å². The second-order valence-corrected chi connectivity index (χ2v) is 9.65. The maximum atomic E-state index is 13.7. The summed E-state index contributed by atoms with van der Waals surface area (Å²) in [4.78, 5) is 28.9. The van der Waals surface area contributed by atoms with Crippen LogP contribution in [0.15, 0.2) is 72.8 Å². The molecule has 0 fully saturated rings. The molecule has 0 aliphatic carbocycles. The monoisotopic (exact) mass is 486 g/mol. The molecule has 36 heavy (non-hydrogen) atoms. The summed E-state index contributed by atoms with van der Waals surface area (Å²) < 4.78 is 5.93. The molecule has 0 bridgehead atoms. The highest BCUT2D eigenvalue weighted by molar-refractivity contribution is 5.88. The number of benzene rings is 3. The van der Waals surface area contributed by atoms with E-state index in [9.17, 15) is 9.59 Å². The molecular formula is C31H38N2O3. The first-order valence-corrected chi connectivity index (χ1v) is 12.7. The third kappa shape index (κ3) is 7.98. The normalized spacial score (nSPS) is 12.5. The summed E-state index contributed by atoms with van der Waals surface area (Å²) in [5.74, 6) is 0.275. The summed E-state index contributed by atoms with van der Waals surface area (Å²) >= 11 is 0. The lowest BCUT2D eigenvalue weighted by Crippen LogP contribution is -2.53. The van der Waals surface area contributed by atoms with E-state index >= 15 is 0 Å². The van der Waals surface area contributed by atoms with Crippen molar-refractivity contribution in [2.75, 3.05) is 6.61 Å². The van der Waals surface area contributed by atoms with E-state index < -0.39 is 6.04 Å². The van der Waals surface area contributed by atoms with Gasteiger partial charge in [0.05, 0.1) is 0 Å². The fraction of sp³-hybridized carbons (Fsp3) is 0.355. The van der Waals surface area contributed by atoms with E-state index in [0.717, 1.165) is 34.2 Å². The van der Waals surface area contributed by atoms with Gasteiger partial charge in [-0.2, -0.15) is 0 Å². The van der Waals surface area contributed by atoms with Crippen LogP contribution in [0.3, 0.4) is 0 Å². The van der Waals surface area contributed by atoms with Crippen LogP contribution in [-0.2, 0) is 22.6 Å². The van der Waals surface area contributed by atoms with Crippen LogP contribution in [0.1, 0.15) is 48.1 Å². The van der Waals surface area contributed by atoms with Gasteiger partial charge in [-0.05, 0) is 68.5 Å². The Morgan fingerprint density at radius 3 is 2.17 bits per heavy atom. The van der Waals surface area contributed by atoms with Crippen molar-refractivity contribution in [1.82, 2.24) is 10.2 Å². The molecule has 0 aliphatic heterocycles. The minimum Gasteiger partial charge on any atom is -0.484 e. The molecule has 0 saturated heterocycles. The van der Waals surface area contributed by atoms with Gasteiger partial charge in [-0.25, -0.2) is 0 Å². The molecule has 0 radical (unpaired) electrons. The Morgan fingerprint density at radius 2 is 1.53 bits per heavy atom. The quantitative estimate of drug-likeness (QED) is 0.387. The molecule has 0 aromatic heterocycles. The Morgan fingerprint density at radius 1 is 0.861 bits per heavy atom. The molecule has 5 heteroatoms. The van der Waals surface area contributed by atoms with Crippen molar-refractivity contribution in [3.63, 3.8) is 0 Å². The van der Waals surface area contributed by atoms with E-state index in [1.165, 1.54) is 0 Å². The Bertz CT molecular complexity index is 1140. The van der Waals surface area contributed by atoms with Gasteiger partial charge in [0.1, 0.15) is 11.8 Å². The van der Waals surface area contributed by atoms with E-state index in [-0.39, 0.29) is 24.5 Å². The van der Waals surface area contributed by atoms with Gasteiger partial charge in [-0.3, -0.25) is 9.59 Å². The molecule has 0 spiro atoms. The first-order valence-electron chi connectivity index (χ1n) is 12.7. The number of amides is 2. The van der Waals surface area contributed by atoms with Crippen LogP contribution >= 0.6 is 0 Å². The number of nitrogens with one attached hydrogen (secondary N) is 1. The number of ether oxygens (including phenoxy) is 1. The molecule has 5 nitrogen and oxygen atoms in total. The molecule has 190 valence electrons. The van der Waals surface area contributed by atoms with E-state index in [1.807, 2.05) is 95.3 Å². The molecule has 0 heterocycles. The summed E-state index contributed by atoms with van der Waals surface area (Å²) in [6.07, 6.45) is 1.23. The highest BCUT2D eigenvalue weighted by atomic mass is 16.5. The molecule has 0 aliphatic rings. The smallest absolute Gasteiger partial charge is 0.261 e. The van der Waals surface area contributed by atoms with Crippen LogP contribution in [0, 0.1) is 20.8 Å². The third-order valence-electron chi connectivity index (χ3n) is 6.27. The molecule has 1 N–H and O–H groups in total. The molecule has 3 aromatic rings. The lowest BCUT2D eigenvalue weighted by molar-refractivity contribution is -0.143. The van der Waals surface area contributed by atoms with Crippen molar-refractivity contribution >= 4 is 11.8 Å². The summed E-state index contributed by atoms with van der Waals surface area (Å²) in [5, 5.41) is 3.10. The van der Waals surface area contributed by atoms with Crippen molar-refractivity contribution in [2.45, 2.75) is 66.1 Å². The standard InChI is InChI=1S/C31H38N2O3/c1-6-25(5)32-31(35)29(19-26-12-8-7-9-13-26)33(20-27-14-10-11-22(2)16-27)30(34)21-36-28-17-23(3)15-24(4)18-28/h7-18,25,29H,6,19-21H2,1-5H3,(H,32,35)/t25-,29-/m0/s1. The molecule has 3 rings (SSSR count). The van der Waals surface area contributed by atoms with Crippen LogP contribution in [0.2, 0.25) is 0 Å². The van der Waals surface area contributed by atoms with Crippen molar-refractivity contribution in [1.29, 1.82) is 0 Å². The average molecular weight is 487 g/mol. The second-order valence-electron chi connectivity index (χ2n) is 9.65. The van der Waals surface area contributed by atoms with Crippen LogP contribution in [0.25, 0.3) is 0 Å². The third-order valence-corrected chi connectivity index (χ3v) is 6.27. The summed E-state index contributed by atoms with van der Waals surface area (Å²) in [6, 6.07) is 23.1. The number of carbonyl (C=O) groups is 2. The van der Waals surface area contributed by atoms with Gasteiger partial charge in [0.15, 0.2) is 6.61 Å². The molecule has 2 atom stereocenters. The zero-order valence-corrected chi connectivity index (χ0v) is 22.1. The van der Waals surface area contributed by atoms with Crippen molar-refractivity contribution in [3.05, 3.63) is 101 Å². The highest BCUT2D eigenvalue weighted by Gasteiger charge is 2.31. The van der Waals surface area contributed by atoms with E-state index in [0.29, 0.717) is 18.7 Å². The first kappa shape index (κ1) is 27.0. The zero-order chi connectivity index (χ0) is 26.1. The Labute approximate surface area is 215 Å². The molecule has 0 unspecified atom stereocenters. The van der Waals surface area contributed by atoms with E-state index in [2.05, 4.69) is 17.4 Å². The van der Waals surface area contributed by atoms with Gasteiger partial charge in [0.25, 0.3) is 5.91 Å². The second kappa shape index (κ2) is 12.9. The highest BCUT2D eigenvalue weighted by Crippen LogP contribution is 2.19. The molecule has 3 aromatic carbocycles. The number of rotatable bonds is 11. The van der Waals surface area contributed by atoms with Crippen molar-refractivity contribution in [3.8, 4) is 5.75 Å². The SMILES string of the molecule is CC[C@H](C)NC(=O)[C@H](Cc1ccccc1)N(Cc1cccc(C)c1)C(=O)COc1cc(C)cc(C)c1. The van der Waals surface area contributed by atoms with Gasteiger partial charge in [0.2, 0.25) is 5.91 Å². The predicted octanol–water partition coefficient (Wildman–Crippen LogP) is 5.55. The Balaban J connectivity index is 1.92. The molecule has 0 saturated carbocycles. The predicted molar refractivity (Wildman–Crippen MR) is 145 cm³/mol. The van der Waals surface area contributed by atoms with Crippen LogP contribution in [-0.4, -0.2) is 35.4 Å². The lowest BCUT2D eigenvalue weighted by atomic mass is 10.0. The number of aryl methyl sites for hydroxylation is 3. The van der Waals surface area contributed by atoms with Crippen molar-refractivity contribution < 1.29 is 14.3 Å². The van der Waals surface area contributed by atoms with Gasteiger partial charge >= 0.3 is 0 Å². The average Bonchev–Trinajstić information content (AvgIpc) is 2.84. The Hall–Kier alpha value is -3.60. The van der Waals surface area contributed by atoms with Gasteiger partial charge in [-0.1, -0.05) is 73.2 Å². The van der Waals surface area contributed by atoms with E-state index in [1.54, 1.807) is 4.90 Å². The fourth-order valence-electron chi connectivity index (χ4n) is 4.25.